The van der Waals surface area contributed by atoms with E-state index >= 15 is 0 Å². The molecule has 128 valence electrons. The number of likely N-dealkylation sites (tertiary alicyclic amines) is 1. The molecular formula is C20H32N2O. The van der Waals surface area contributed by atoms with Crippen molar-refractivity contribution in [2.45, 2.75) is 58.9 Å². The first-order valence-electron chi connectivity index (χ1n) is 9.17. The average molecular weight is 316 g/mol. The van der Waals surface area contributed by atoms with Crippen molar-refractivity contribution in [3.05, 3.63) is 35.4 Å². The van der Waals surface area contributed by atoms with Crippen molar-refractivity contribution in [2.75, 3.05) is 19.6 Å². The lowest BCUT2D eigenvalue weighted by molar-refractivity contribution is -0.121. The van der Waals surface area contributed by atoms with Crippen LogP contribution in [0.3, 0.4) is 0 Å². The summed E-state index contributed by atoms with van der Waals surface area (Å²) in [7, 11) is 0. The molecule has 0 bridgehead atoms. The topological polar surface area (TPSA) is 32.3 Å². The summed E-state index contributed by atoms with van der Waals surface area (Å²) in [5.41, 5.74) is 2.60. The Hall–Kier alpha value is -1.35. The summed E-state index contributed by atoms with van der Waals surface area (Å²) in [6.07, 6.45) is 5.20. The van der Waals surface area contributed by atoms with E-state index in [-0.39, 0.29) is 5.91 Å². The highest BCUT2D eigenvalue weighted by Crippen LogP contribution is 2.26. The lowest BCUT2D eigenvalue weighted by Crippen LogP contribution is -2.41. The van der Waals surface area contributed by atoms with E-state index in [2.05, 4.69) is 55.3 Å². The predicted molar refractivity (Wildman–Crippen MR) is 96.4 cm³/mol. The normalized spacial score (nSPS) is 17.9. The van der Waals surface area contributed by atoms with Crippen LogP contribution in [0.1, 0.15) is 63.1 Å². The molecule has 0 saturated carbocycles. The number of unbranched alkanes of at least 4 members (excludes halogenated alkanes) is 1. The molecule has 0 aromatic heterocycles. The van der Waals surface area contributed by atoms with Crippen molar-refractivity contribution < 1.29 is 4.79 Å². The predicted octanol–water partition coefficient (Wildman–Crippen LogP) is 4.07. The van der Waals surface area contributed by atoms with Gasteiger partial charge in [-0.05, 0) is 50.8 Å². The number of carbonyl (C=O) groups excluding carboxylic acids is 1. The van der Waals surface area contributed by atoms with Crippen LogP contribution >= 0.6 is 0 Å². The second-order valence-electron chi connectivity index (χ2n) is 7.05. The smallest absolute Gasteiger partial charge is 0.220 e. The van der Waals surface area contributed by atoms with Crippen molar-refractivity contribution in [3.8, 4) is 0 Å². The van der Waals surface area contributed by atoms with Crippen LogP contribution in [0.15, 0.2) is 24.3 Å². The molecule has 0 spiro atoms. The lowest BCUT2D eigenvalue weighted by Gasteiger charge is -2.37. The van der Waals surface area contributed by atoms with Crippen molar-refractivity contribution in [3.63, 3.8) is 0 Å². The second-order valence-corrected chi connectivity index (χ2v) is 7.05. The van der Waals surface area contributed by atoms with Crippen LogP contribution in [0, 0.1) is 12.8 Å². The summed E-state index contributed by atoms with van der Waals surface area (Å²) in [5.74, 6) is 1.01. The zero-order valence-electron chi connectivity index (χ0n) is 15.0. The highest BCUT2D eigenvalue weighted by molar-refractivity contribution is 5.75. The van der Waals surface area contributed by atoms with Gasteiger partial charge in [0.1, 0.15) is 0 Å². The number of nitrogens with one attached hydrogen (secondary N) is 1. The fourth-order valence-electron chi connectivity index (χ4n) is 3.22. The fraction of sp³-hybridized carbons (Fsp3) is 0.650. The third-order valence-electron chi connectivity index (χ3n) is 4.97. The van der Waals surface area contributed by atoms with Crippen LogP contribution in [-0.4, -0.2) is 30.4 Å². The molecule has 1 heterocycles. The number of benzene rings is 1. The SMILES string of the molecule is CCCCC(=O)NCC(c1ccc(C)cc1)N1CCC(C)CC1. The van der Waals surface area contributed by atoms with E-state index in [1.54, 1.807) is 0 Å². The first-order chi connectivity index (χ1) is 11.1. The maximum Gasteiger partial charge on any atom is 0.220 e. The number of nitrogens with zero attached hydrogens (tertiary/aromatic N) is 1. The molecule has 1 atom stereocenters. The van der Waals surface area contributed by atoms with Crippen LogP contribution in [0.4, 0.5) is 0 Å². The fourth-order valence-corrected chi connectivity index (χ4v) is 3.22. The Morgan fingerprint density at radius 1 is 1.26 bits per heavy atom. The summed E-state index contributed by atoms with van der Waals surface area (Å²) in [6.45, 7) is 9.56. The van der Waals surface area contributed by atoms with Crippen LogP contribution < -0.4 is 5.32 Å². The number of carbonyl (C=O) groups is 1. The minimum Gasteiger partial charge on any atom is -0.354 e. The number of hydrogen-bond donors (Lipinski definition) is 1. The van der Waals surface area contributed by atoms with E-state index in [9.17, 15) is 4.79 Å². The minimum atomic E-state index is 0.189. The number of hydrogen-bond acceptors (Lipinski definition) is 2. The number of aryl methyl sites for hydroxylation is 1. The molecular weight excluding hydrogens is 284 g/mol. The molecule has 2 rings (SSSR count). The van der Waals surface area contributed by atoms with Gasteiger partial charge in [-0.1, -0.05) is 50.1 Å². The molecule has 0 radical (unpaired) electrons. The summed E-state index contributed by atoms with van der Waals surface area (Å²) >= 11 is 0. The zero-order chi connectivity index (χ0) is 16.7. The quantitative estimate of drug-likeness (QED) is 0.822. The maximum absolute atomic E-state index is 12.0. The number of rotatable bonds is 7. The van der Waals surface area contributed by atoms with Gasteiger partial charge in [-0.3, -0.25) is 9.69 Å². The Morgan fingerprint density at radius 3 is 2.52 bits per heavy atom. The summed E-state index contributed by atoms with van der Waals surface area (Å²) in [6, 6.07) is 9.09. The molecule has 1 N–H and O–H groups in total. The van der Waals surface area contributed by atoms with Gasteiger partial charge in [0.25, 0.3) is 0 Å². The van der Waals surface area contributed by atoms with Gasteiger partial charge in [0.2, 0.25) is 5.91 Å². The summed E-state index contributed by atoms with van der Waals surface area (Å²) in [4.78, 5) is 14.5. The van der Waals surface area contributed by atoms with Gasteiger partial charge in [0, 0.05) is 13.0 Å². The van der Waals surface area contributed by atoms with Crippen molar-refractivity contribution >= 4 is 5.91 Å². The number of amides is 1. The van der Waals surface area contributed by atoms with Gasteiger partial charge < -0.3 is 5.32 Å². The van der Waals surface area contributed by atoms with Crippen LogP contribution in [0.5, 0.6) is 0 Å². The summed E-state index contributed by atoms with van der Waals surface area (Å²) < 4.78 is 0. The molecule has 3 heteroatoms. The van der Waals surface area contributed by atoms with E-state index in [1.165, 1.54) is 24.0 Å². The van der Waals surface area contributed by atoms with Gasteiger partial charge >= 0.3 is 0 Å². The molecule has 3 nitrogen and oxygen atoms in total. The molecule has 1 aromatic carbocycles. The van der Waals surface area contributed by atoms with E-state index in [1.807, 2.05) is 0 Å². The molecule has 1 fully saturated rings. The van der Waals surface area contributed by atoms with Crippen LogP contribution in [-0.2, 0) is 4.79 Å². The third kappa shape index (κ3) is 5.65. The van der Waals surface area contributed by atoms with E-state index < -0.39 is 0 Å². The third-order valence-corrected chi connectivity index (χ3v) is 4.97. The van der Waals surface area contributed by atoms with Crippen molar-refractivity contribution in [2.24, 2.45) is 5.92 Å². The van der Waals surface area contributed by atoms with Crippen molar-refractivity contribution in [1.29, 1.82) is 0 Å². The molecule has 1 aliphatic heterocycles. The molecule has 1 aliphatic rings. The van der Waals surface area contributed by atoms with E-state index in [0.29, 0.717) is 12.5 Å². The molecule has 1 unspecified atom stereocenters. The van der Waals surface area contributed by atoms with Gasteiger partial charge in [-0.2, -0.15) is 0 Å². The molecule has 1 saturated heterocycles. The molecule has 1 aromatic rings. The van der Waals surface area contributed by atoms with Crippen molar-refractivity contribution in [1.82, 2.24) is 10.2 Å². The largest absolute Gasteiger partial charge is 0.354 e. The van der Waals surface area contributed by atoms with Crippen LogP contribution in [0.25, 0.3) is 0 Å². The second kappa shape index (κ2) is 9.07. The van der Waals surface area contributed by atoms with Gasteiger partial charge in [0.15, 0.2) is 0 Å². The molecule has 1 amide bonds. The zero-order valence-corrected chi connectivity index (χ0v) is 15.0. The first kappa shape index (κ1) is 18.0. The molecule has 0 aliphatic carbocycles. The van der Waals surface area contributed by atoms with Gasteiger partial charge in [-0.15, -0.1) is 0 Å². The Labute approximate surface area is 141 Å². The highest BCUT2D eigenvalue weighted by Gasteiger charge is 2.24. The molecule has 23 heavy (non-hydrogen) atoms. The lowest BCUT2D eigenvalue weighted by atomic mass is 9.95. The van der Waals surface area contributed by atoms with Gasteiger partial charge in [0.05, 0.1) is 6.04 Å². The Morgan fingerprint density at radius 2 is 1.91 bits per heavy atom. The maximum atomic E-state index is 12.0. The van der Waals surface area contributed by atoms with E-state index in [4.69, 9.17) is 0 Å². The Balaban J connectivity index is 2.02. The first-order valence-corrected chi connectivity index (χ1v) is 9.17. The van der Waals surface area contributed by atoms with Gasteiger partial charge in [-0.25, -0.2) is 0 Å². The standard InChI is InChI=1S/C20H32N2O/c1-4-5-6-20(23)21-15-19(18-9-7-16(2)8-10-18)22-13-11-17(3)12-14-22/h7-10,17,19H,4-6,11-15H2,1-3H3,(H,21,23). The number of piperidine rings is 1. The summed E-state index contributed by atoms with van der Waals surface area (Å²) in [5, 5.41) is 3.16. The Bertz CT molecular complexity index is 475. The van der Waals surface area contributed by atoms with E-state index in [0.717, 1.165) is 38.4 Å². The van der Waals surface area contributed by atoms with Crippen LogP contribution in [0.2, 0.25) is 0 Å². The monoisotopic (exact) mass is 316 g/mol. The minimum absolute atomic E-state index is 0.189. The average Bonchev–Trinajstić information content (AvgIpc) is 2.56. The highest BCUT2D eigenvalue weighted by atomic mass is 16.1. The Kier molecular flexibility index (Phi) is 7.10.